The second-order valence-electron chi connectivity index (χ2n) is 6.34. The highest BCUT2D eigenvalue weighted by Gasteiger charge is 2.32. The van der Waals surface area contributed by atoms with Crippen LogP contribution in [0, 0.1) is 10.1 Å². The molecule has 2 heterocycles. The molecule has 22 heavy (non-hydrogen) atoms. The van der Waals surface area contributed by atoms with E-state index in [-0.39, 0.29) is 18.0 Å². The Morgan fingerprint density at radius 3 is 2.82 bits per heavy atom. The van der Waals surface area contributed by atoms with Crippen molar-refractivity contribution in [3.8, 4) is 0 Å². The molecule has 9 heteroatoms. The number of hydrogen-bond donors (Lipinski definition) is 1. The molecule has 1 aliphatic rings. The Kier molecular flexibility index (Phi) is 4.25. The van der Waals surface area contributed by atoms with Gasteiger partial charge in [0.25, 0.3) is 0 Å². The van der Waals surface area contributed by atoms with Crippen LogP contribution in [-0.4, -0.2) is 50.2 Å². The summed E-state index contributed by atoms with van der Waals surface area (Å²) in [6.45, 7) is 6.44. The Bertz CT molecular complexity index is 577. The fourth-order valence-corrected chi connectivity index (χ4v) is 2.28. The van der Waals surface area contributed by atoms with E-state index in [1.54, 1.807) is 16.5 Å². The minimum Gasteiger partial charge on any atom is -0.444 e. The first-order chi connectivity index (χ1) is 10.2. The Morgan fingerprint density at radius 2 is 2.23 bits per heavy atom. The molecule has 1 N–H and O–H groups in total. The van der Waals surface area contributed by atoms with Crippen LogP contribution in [0.25, 0.3) is 0 Å². The highest BCUT2D eigenvalue weighted by Crippen LogP contribution is 2.24. The Morgan fingerprint density at radius 1 is 1.55 bits per heavy atom. The molecule has 1 aromatic rings. The lowest BCUT2D eigenvalue weighted by Crippen LogP contribution is -2.36. The number of ether oxygens (including phenoxy) is 1. The Labute approximate surface area is 128 Å². The summed E-state index contributed by atoms with van der Waals surface area (Å²) < 4.78 is 6.89. The van der Waals surface area contributed by atoms with E-state index in [0.717, 1.165) is 0 Å². The fraction of sp³-hybridized carbons (Fsp3) is 0.692. The normalized spacial score (nSPS) is 18.4. The summed E-state index contributed by atoms with van der Waals surface area (Å²) in [5.41, 5.74) is -0.538. The van der Waals surface area contributed by atoms with Gasteiger partial charge in [-0.3, -0.25) is 4.57 Å². The van der Waals surface area contributed by atoms with Gasteiger partial charge in [0.15, 0.2) is 0 Å². The lowest BCUT2D eigenvalue weighted by molar-refractivity contribution is -0.388. The Balaban J connectivity index is 1.99. The van der Waals surface area contributed by atoms with Gasteiger partial charge in [-0.15, -0.1) is 0 Å². The molecule has 2 rings (SSSR count). The summed E-state index contributed by atoms with van der Waals surface area (Å²) in [6, 6.07) is -0.0679. The number of likely N-dealkylation sites (tertiary alicyclic amines) is 1. The van der Waals surface area contributed by atoms with Crippen LogP contribution in [0.3, 0.4) is 0 Å². The van der Waals surface area contributed by atoms with Gasteiger partial charge >= 0.3 is 11.9 Å². The van der Waals surface area contributed by atoms with Gasteiger partial charge in [-0.1, -0.05) is 0 Å². The van der Waals surface area contributed by atoms with Gasteiger partial charge in [0, 0.05) is 26.2 Å². The van der Waals surface area contributed by atoms with Crippen LogP contribution in [0.1, 0.15) is 27.2 Å². The second kappa shape index (κ2) is 5.82. The first-order valence-corrected chi connectivity index (χ1v) is 7.07. The lowest BCUT2D eigenvalue weighted by Gasteiger charge is -2.24. The zero-order chi connectivity index (χ0) is 16.5. The second-order valence-corrected chi connectivity index (χ2v) is 6.34. The summed E-state index contributed by atoms with van der Waals surface area (Å²) in [6.07, 6.45) is 1.72. The van der Waals surface area contributed by atoms with Crippen molar-refractivity contribution in [2.24, 2.45) is 7.05 Å². The number of nitrogens with zero attached hydrogens (tertiary/aromatic N) is 4. The molecule has 0 radical (unpaired) electrons. The first kappa shape index (κ1) is 16.1. The minimum atomic E-state index is -0.538. The monoisotopic (exact) mass is 311 g/mol. The van der Waals surface area contributed by atoms with Crippen LogP contribution < -0.4 is 5.32 Å². The van der Waals surface area contributed by atoms with E-state index in [1.807, 2.05) is 20.8 Å². The largest absolute Gasteiger partial charge is 0.444 e. The van der Waals surface area contributed by atoms with Gasteiger partial charge in [-0.2, -0.15) is 0 Å². The lowest BCUT2D eigenvalue weighted by atomic mass is 10.2. The molecule has 0 saturated carbocycles. The molecule has 0 aromatic carbocycles. The molecule has 1 aromatic heterocycles. The van der Waals surface area contributed by atoms with Crippen molar-refractivity contribution < 1.29 is 14.5 Å². The molecule has 1 aliphatic heterocycles. The molecule has 1 amide bonds. The number of imidazole rings is 1. The summed E-state index contributed by atoms with van der Waals surface area (Å²) in [5, 5.41) is 14.0. The molecule has 0 bridgehead atoms. The smallest absolute Gasteiger partial charge is 0.410 e. The number of hydrogen-bond acceptors (Lipinski definition) is 6. The number of nitrogens with one attached hydrogen (secondary N) is 1. The van der Waals surface area contributed by atoms with Crippen LogP contribution in [-0.2, 0) is 11.8 Å². The van der Waals surface area contributed by atoms with E-state index in [4.69, 9.17) is 4.74 Å². The minimum absolute atomic E-state index is 0.0679. The van der Waals surface area contributed by atoms with Gasteiger partial charge in [0.1, 0.15) is 5.60 Å². The fourth-order valence-electron chi connectivity index (χ4n) is 2.28. The van der Waals surface area contributed by atoms with Crippen molar-refractivity contribution in [2.75, 3.05) is 18.4 Å². The molecule has 0 spiro atoms. The third-order valence-corrected chi connectivity index (χ3v) is 3.27. The SMILES string of the molecule is Cn1cnc([N+](=O)[O-])c1NC1CCN(C(=O)OC(C)(C)C)C1. The number of carbonyl (C=O) groups is 1. The van der Waals surface area contributed by atoms with Gasteiger partial charge < -0.3 is 25.1 Å². The average Bonchev–Trinajstić information content (AvgIpc) is 2.96. The van der Waals surface area contributed by atoms with E-state index in [2.05, 4.69) is 10.3 Å². The van der Waals surface area contributed by atoms with Crippen molar-refractivity contribution in [1.29, 1.82) is 0 Å². The number of aryl methyl sites for hydroxylation is 1. The Hall–Kier alpha value is -2.32. The van der Waals surface area contributed by atoms with Gasteiger partial charge in [0.05, 0.1) is 0 Å². The molecular formula is C13H21N5O4. The van der Waals surface area contributed by atoms with Gasteiger partial charge in [-0.05, 0) is 37.1 Å². The molecule has 122 valence electrons. The maximum absolute atomic E-state index is 12.0. The number of anilines is 1. The van der Waals surface area contributed by atoms with Crippen molar-refractivity contribution in [2.45, 2.75) is 38.8 Å². The average molecular weight is 311 g/mol. The number of aromatic nitrogens is 2. The topological polar surface area (TPSA) is 103 Å². The summed E-state index contributed by atoms with van der Waals surface area (Å²) in [7, 11) is 1.68. The standard InChI is InChI=1S/C13H21N5O4/c1-13(2,3)22-12(19)17-6-5-9(7-17)15-11-10(18(20)21)14-8-16(11)4/h8-9,15H,5-7H2,1-4H3. The van der Waals surface area contributed by atoms with Crippen molar-refractivity contribution >= 4 is 17.7 Å². The predicted molar refractivity (Wildman–Crippen MR) is 79.7 cm³/mol. The van der Waals surface area contributed by atoms with Crippen LogP contribution in [0.4, 0.5) is 16.4 Å². The third kappa shape index (κ3) is 3.66. The zero-order valence-corrected chi connectivity index (χ0v) is 13.2. The number of carbonyl (C=O) groups excluding carboxylic acids is 1. The third-order valence-electron chi connectivity index (χ3n) is 3.27. The molecule has 1 atom stereocenters. The molecule has 9 nitrogen and oxygen atoms in total. The highest BCUT2D eigenvalue weighted by molar-refractivity contribution is 5.68. The van der Waals surface area contributed by atoms with Crippen molar-refractivity contribution in [3.05, 3.63) is 16.4 Å². The van der Waals surface area contributed by atoms with E-state index >= 15 is 0 Å². The van der Waals surface area contributed by atoms with Gasteiger partial charge in [-0.25, -0.2) is 4.79 Å². The van der Waals surface area contributed by atoms with E-state index in [0.29, 0.717) is 25.3 Å². The number of amides is 1. The molecule has 1 unspecified atom stereocenters. The van der Waals surface area contributed by atoms with E-state index < -0.39 is 10.5 Å². The van der Waals surface area contributed by atoms with Crippen LogP contribution >= 0.6 is 0 Å². The number of nitro groups is 1. The quantitative estimate of drug-likeness (QED) is 0.674. The number of rotatable bonds is 3. The van der Waals surface area contributed by atoms with E-state index in [1.165, 1.54) is 6.33 Å². The van der Waals surface area contributed by atoms with Crippen LogP contribution in [0.2, 0.25) is 0 Å². The predicted octanol–water partition coefficient (Wildman–Crippen LogP) is 1.75. The van der Waals surface area contributed by atoms with Crippen molar-refractivity contribution in [3.63, 3.8) is 0 Å². The molecule has 1 saturated heterocycles. The van der Waals surface area contributed by atoms with Gasteiger partial charge in [0.2, 0.25) is 12.1 Å². The summed E-state index contributed by atoms with van der Waals surface area (Å²) in [4.78, 5) is 27.8. The first-order valence-electron chi connectivity index (χ1n) is 7.07. The maximum Gasteiger partial charge on any atom is 0.410 e. The molecular weight excluding hydrogens is 290 g/mol. The van der Waals surface area contributed by atoms with Crippen molar-refractivity contribution in [1.82, 2.24) is 14.5 Å². The zero-order valence-electron chi connectivity index (χ0n) is 13.2. The van der Waals surface area contributed by atoms with Crippen LogP contribution in [0.5, 0.6) is 0 Å². The maximum atomic E-state index is 12.0. The molecule has 0 aliphatic carbocycles. The van der Waals surface area contributed by atoms with Crippen LogP contribution in [0.15, 0.2) is 6.33 Å². The summed E-state index contributed by atoms with van der Waals surface area (Å²) >= 11 is 0. The van der Waals surface area contributed by atoms with E-state index in [9.17, 15) is 14.9 Å². The molecule has 1 fully saturated rings. The summed E-state index contributed by atoms with van der Waals surface area (Å²) in [5.74, 6) is 0.138. The highest BCUT2D eigenvalue weighted by atomic mass is 16.6.